The van der Waals surface area contributed by atoms with Gasteiger partial charge in [0.1, 0.15) is 0 Å². The molecule has 4 rings (SSSR count). The second-order valence-corrected chi connectivity index (χ2v) is 8.13. The van der Waals surface area contributed by atoms with Crippen LogP contribution in [-0.2, 0) is 12.8 Å². The molecule has 0 saturated carbocycles. The first-order valence-corrected chi connectivity index (χ1v) is 9.98. The Morgan fingerprint density at radius 2 is 1.14 bits per heavy atom. The van der Waals surface area contributed by atoms with Crippen molar-refractivity contribution in [3.05, 3.63) is 111 Å². The minimum absolute atomic E-state index is 0.865. The van der Waals surface area contributed by atoms with Crippen LogP contribution in [0.4, 0.5) is 0 Å². The van der Waals surface area contributed by atoms with Crippen molar-refractivity contribution in [3.63, 3.8) is 0 Å². The van der Waals surface area contributed by atoms with Gasteiger partial charge in [0.25, 0.3) is 0 Å². The monoisotopic (exact) mass is 365 g/mol. The number of aryl methyl sites for hydroxylation is 4. The lowest BCUT2D eigenvalue weighted by Crippen LogP contribution is -2.01. The first-order valence-electron chi connectivity index (χ1n) is 9.98. The molecule has 28 heavy (non-hydrogen) atoms. The first kappa shape index (κ1) is 18.4. The number of rotatable bonds is 4. The van der Waals surface area contributed by atoms with Crippen LogP contribution in [0.2, 0.25) is 0 Å². The predicted octanol–water partition coefficient (Wildman–Crippen LogP) is 6.65. The molecule has 0 fully saturated rings. The van der Waals surface area contributed by atoms with Crippen molar-refractivity contribution in [3.8, 4) is 0 Å². The van der Waals surface area contributed by atoms with Crippen LogP contribution < -0.4 is 0 Å². The Bertz CT molecular complexity index is 1110. The molecule has 0 spiro atoms. The van der Waals surface area contributed by atoms with Gasteiger partial charge in [0.05, 0.1) is 5.69 Å². The smallest absolute Gasteiger partial charge is 0.0529 e. The van der Waals surface area contributed by atoms with Gasteiger partial charge in [0.2, 0.25) is 0 Å². The molecule has 4 aromatic rings. The highest BCUT2D eigenvalue weighted by molar-refractivity contribution is 5.85. The molecule has 1 nitrogen and oxygen atoms in total. The fraction of sp³-hybridized carbons (Fsp3) is 0.222. The topological polar surface area (TPSA) is 12.9 Å². The summed E-state index contributed by atoms with van der Waals surface area (Å²) in [5.41, 5.74) is 10.2. The van der Waals surface area contributed by atoms with E-state index in [1.54, 1.807) is 0 Å². The summed E-state index contributed by atoms with van der Waals surface area (Å²) in [5.74, 6) is 0. The van der Waals surface area contributed by atoms with E-state index in [0.29, 0.717) is 0 Å². The number of hydrogen-bond donors (Lipinski definition) is 0. The van der Waals surface area contributed by atoms with Crippen molar-refractivity contribution in [2.45, 2.75) is 40.5 Å². The third-order valence-electron chi connectivity index (χ3n) is 5.19. The number of benzene rings is 3. The van der Waals surface area contributed by atoms with Crippen molar-refractivity contribution in [2.24, 2.45) is 0 Å². The summed E-state index contributed by atoms with van der Waals surface area (Å²) >= 11 is 0. The minimum Gasteiger partial charge on any atom is -0.257 e. The van der Waals surface area contributed by atoms with Crippen molar-refractivity contribution in [1.82, 2.24) is 4.98 Å². The van der Waals surface area contributed by atoms with Gasteiger partial charge in [0, 0.05) is 23.9 Å². The van der Waals surface area contributed by atoms with Gasteiger partial charge in [-0.25, -0.2) is 0 Å². The summed E-state index contributed by atoms with van der Waals surface area (Å²) in [6.07, 6.45) is 1.73. The lowest BCUT2D eigenvalue weighted by Gasteiger charge is -2.12. The van der Waals surface area contributed by atoms with Gasteiger partial charge in [-0.15, -0.1) is 0 Å². The van der Waals surface area contributed by atoms with E-state index in [0.717, 1.165) is 18.5 Å². The first-order chi connectivity index (χ1) is 13.5. The summed E-state index contributed by atoms with van der Waals surface area (Å²) in [7, 11) is 0. The van der Waals surface area contributed by atoms with Crippen molar-refractivity contribution < 1.29 is 0 Å². The van der Waals surface area contributed by atoms with Crippen LogP contribution in [-0.4, -0.2) is 4.98 Å². The molecule has 0 aliphatic rings. The molecule has 0 radical (unpaired) electrons. The van der Waals surface area contributed by atoms with Crippen LogP contribution in [0.5, 0.6) is 0 Å². The number of hydrogen-bond acceptors (Lipinski definition) is 1. The van der Waals surface area contributed by atoms with Crippen LogP contribution >= 0.6 is 0 Å². The van der Waals surface area contributed by atoms with Gasteiger partial charge in [-0.2, -0.15) is 0 Å². The van der Waals surface area contributed by atoms with E-state index in [9.17, 15) is 0 Å². The van der Waals surface area contributed by atoms with Gasteiger partial charge in [0.15, 0.2) is 0 Å². The number of nitrogens with zero attached hydrogens (tertiary/aromatic N) is 1. The summed E-state index contributed by atoms with van der Waals surface area (Å²) in [5, 5.41) is 2.53. The van der Waals surface area contributed by atoms with Gasteiger partial charge in [-0.3, -0.25) is 4.98 Å². The zero-order chi connectivity index (χ0) is 19.7. The average molecular weight is 366 g/mol. The Labute approximate surface area is 168 Å². The predicted molar refractivity (Wildman–Crippen MR) is 119 cm³/mol. The highest BCUT2D eigenvalue weighted by atomic mass is 14.7. The van der Waals surface area contributed by atoms with E-state index >= 15 is 0 Å². The van der Waals surface area contributed by atoms with Crippen LogP contribution in [0.15, 0.2) is 66.7 Å². The standard InChI is InChI=1S/C27H27N/c1-18-9-19(2)12-22(11-18)15-25-17-24-7-5-6-8-26(24)27(28-25)16-23-13-20(3)10-21(4)14-23/h5-14,17H,15-16H2,1-4H3. The quantitative estimate of drug-likeness (QED) is 0.394. The molecule has 3 aromatic carbocycles. The second kappa shape index (κ2) is 7.59. The molecule has 1 heteroatoms. The molecule has 140 valence electrons. The fourth-order valence-corrected chi connectivity index (χ4v) is 4.30. The second-order valence-electron chi connectivity index (χ2n) is 8.13. The van der Waals surface area contributed by atoms with Crippen LogP contribution in [0.1, 0.15) is 44.8 Å². The summed E-state index contributed by atoms with van der Waals surface area (Å²) in [6, 6.07) is 24.4. The zero-order valence-corrected chi connectivity index (χ0v) is 17.2. The van der Waals surface area contributed by atoms with E-state index in [4.69, 9.17) is 4.98 Å². The number of pyridine rings is 1. The highest BCUT2D eigenvalue weighted by Gasteiger charge is 2.09. The van der Waals surface area contributed by atoms with Crippen LogP contribution in [0.25, 0.3) is 10.8 Å². The molecule has 0 saturated heterocycles. The van der Waals surface area contributed by atoms with E-state index in [1.165, 1.54) is 49.8 Å². The van der Waals surface area contributed by atoms with E-state index in [-0.39, 0.29) is 0 Å². The molecular weight excluding hydrogens is 338 g/mol. The van der Waals surface area contributed by atoms with Crippen molar-refractivity contribution in [2.75, 3.05) is 0 Å². The SMILES string of the molecule is Cc1cc(C)cc(Cc2cc3ccccc3c(Cc3cc(C)cc(C)c3)n2)c1. The maximum atomic E-state index is 5.11. The van der Waals surface area contributed by atoms with Gasteiger partial charge in [-0.05, 0) is 50.3 Å². The summed E-state index contributed by atoms with van der Waals surface area (Å²) in [6.45, 7) is 8.66. The van der Waals surface area contributed by atoms with Gasteiger partial charge < -0.3 is 0 Å². The largest absolute Gasteiger partial charge is 0.257 e. The lowest BCUT2D eigenvalue weighted by molar-refractivity contribution is 1.00. The molecule has 0 bridgehead atoms. The third-order valence-corrected chi connectivity index (χ3v) is 5.19. The molecular formula is C27H27N. The Kier molecular flexibility index (Phi) is 5.00. The molecule has 1 heterocycles. The molecule has 0 amide bonds. The molecule has 0 unspecified atom stereocenters. The van der Waals surface area contributed by atoms with Crippen molar-refractivity contribution >= 4 is 10.8 Å². The molecule has 0 atom stereocenters. The van der Waals surface area contributed by atoms with E-state index < -0.39 is 0 Å². The summed E-state index contributed by atoms with van der Waals surface area (Å²) < 4.78 is 0. The maximum Gasteiger partial charge on any atom is 0.0529 e. The Morgan fingerprint density at radius 3 is 1.75 bits per heavy atom. The molecule has 0 aliphatic heterocycles. The van der Waals surface area contributed by atoms with Crippen molar-refractivity contribution in [1.29, 1.82) is 0 Å². The molecule has 0 aliphatic carbocycles. The third kappa shape index (κ3) is 4.14. The van der Waals surface area contributed by atoms with E-state index in [1.807, 2.05) is 0 Å². The molecule has 1 aromatic heterocycles. The molecule has 0 N–H and O–H groups in total. The lowest BCUT2D eigenvalue weighted by atomic mass is 9.98. The minimum atomic E-state index is 0.865. The number of fused-ring (bicyclic) bond motifs is 1. The zero-order valence-electron chi connectivity index (χ0n) is 17.2. The van der Waals surface area contributed by atoms with Crippen LogP contribution in [0.3, 0.4) is 0 Å². The fourth-order valence-electron chi connectivity index (χ4n) is 4.30. The van der Waals surface area contributed by atoms with Crippen LogP contribution in [0, 0.1) is 27.7 Å². The average Bonchev–Trinajstić information content (AvgIpc) is 2.60. The maximum absolute atomic E-state index is 5.11. The normalized spacial score (nSPS) is 11.1. The Hall–Kier alpha value is -2.93. The summed E-state index contributed by atoms with van der Waals surface area (Å²) in [4.78, 5) is 5.11. The highest BCUT2D eigenvalue weighted by Crippen LogP contribution is 2.24. The van der Waals surface area contributed by atoms with Gasteiger partial charge >= 0.3 is 0 Å². The van der Waals surface area contributed by atoms with Gasteiger partial charge in [-0.1, -0.05) is 82.9 Å². The number of aromatic nitrogens is 1. The Morgan fingerprint density at radius 1 is 0.607 bits per heavy atom. The van der Waals surface area contributed by atoms with E-state index in [2.05, 4.69) is 94.4 Å². The Balaban J connectivity index is 1.76.